The molecule has 0 aliphatic carbocycles. The van der Waals surface area contributed by atoms with E-state index >= 15 is 0 Å². The smallest absolute Gasteiger partial charge is 0.133 e. The molecule has 0 saturated carbocycles. The summed E-state index contributed by atoms with van der Waals surface area (Å²) in [6, 6.07) is 0. The third-order valence-corrected chi connectivity index (χ3v) is 2.26. The van der Waals surface area contributed by atoms with Gasteiger partial charge in [0.05, 0.1) is 0 Å². The van der Waals surface area contributed by atoms with Crippen molar-refractivity contribution in [3.63, 3.8) is 0 Å². The van der Waals surface area contributed by atoms with Crippen LogP contribution < -0.4 is 0 Å². The minimum absolute atomic E-state index is 0.379. The summed E-state index contributed by atoms with van der Waals surface area (Å²) >= 11 is 0. The Morgan fingerprint density at radius 3 is 2.43 bits per heavy atom. The minimum Gasteiger partial charge on any atom is -0.300 e. The molecule has 0 heterocycles. The Kier molecular flexibility index (Phi) is 9.74. The van der Waals surface area contributed by atoms with Gasteiger partial charge >= 0.3 is 0 Å². The van der Waals surface area contributed by atoms with Gasteiger partial charge in [0.1, 0.15) is 5.78 Å². The van der Waals surface area contributed by atoms with E-state index in [2.05, 4.69) is 18.8 Å². The van der Waals surface area contributed by atoms with Gasteiger partial charge in [-0.15, -0.1) is 11.8 Å². The molecule has 0 aromatic heterocycles. The van der Waals surface area contributed by atoms with Gasteiger partial charge in [-0.25, -0.2) is 0 Å². The highest BCUT2D eigenvalue weighted by molar-refractivity contribution is 5.78. The summed E-state index contributed by atoms with van der Waals surface area (Å²) in [5, 5.41) is 0. The molecule has 0 rings (SSSR count). The number of rotatable bonds is 8. The third-order valence-electron chi connectivity index (χ3n) is 2.26. The van der Waals surface area contributed by atoms with Crippen molar-refractivity contribution in [1.82, 2.24) is 0 Å². The highest BCUT2D eigenvalue weighted by Gasteiger charge is 1.99. The van der Waals surface area contributed by atoms with E-state index in [1.165, 1.54) is 25.7 Å². The predicted molar refractivity (Wildman–Crippen MR) is 61.1 cm³/mol. The SMILES string of the molecule is CC#CCCC(=O)CCCCCCC. The fraction of sp³-hybridized carbons (Fsp3) is 0.769. The Hall–Kier alpha value is -0.770. The Balaban J connectivity index is 3.21. The maximum atomic E-state index is 11.3. The van der Waals surface area contributed by atoms with Crippen LogP contribution in [-0.4, -0.2) is 5.78 Å². The zero-order chi connectivity index (χ0) is 10.6. The molecule has 1 nitrogen and oxygen atoms in total. The van der Waals surface area contributed by atoms with E-state index in [0.29, 0.717) is 12.2 Å². The van der Waals surface area contributed by atoms with Crippen molar-refractivity contribution >= 4 is 5.78 Å². The highest BCUT2D eigenvalue weighted by atomic mass is 16.1. The van der Waals surface area contributed by atoms with Crippen LogP contribution in [0.2, 0.25) is 0 Å². The molecule has 80 valence electrons. The van der Waals surface area contributed by atoms with E-state index < -0.39 is 0 Å². The number of carbonyl (C=O) groups excluding carboxylic acids is 1. The standard InChI is InChI=1S/C13H22O/c1-3-5-7-8-10-12-13(14)11-9-6-4-2/h3,5,7-12H2,1-2H3. The molecule has 0 atom stereocenters. The second-order valence-corrected chi connectivity index (χ2v) is 3.63. The molecule has 0 aromatic rings. The van der Waals surface area contributed by atoms with Gasteiger partial charge in [-0.3, -0.25) is 4.79 Å². The van der Waals surface area contributed by atoms with E-state index in [-0.39, 0.29) is 0 Å². The molecule has 1 heteroatoms. The molecular weight excluding hydrogens is 172 g/mol. The quantitative estimate of drug-likeness (QED) is 0.425. The summed E-state index contributed by atoms with van der Waals surface area (Å²) in [4.78, 5) is 11.3. The summed E-state index contributed by atoms with van der Waals surface area (Å²) in [7, 11) is 0. The zero-order valence-electron chi connectivity index (χ0n) is 9.57. The summed E-state index contributed by atoms with van der Waals surface area (Å²) in [5.41, 5.74) is 0. The van der Waals surface area contributed by atoms with Crippen molar-refractivity contribution in [2.24, 2.45) is 0 Å². The lowest BCUT2D eigenvalue weighted by molar-refractivity contribution is -0.119. The van der Waals surface area contributed by atoms with Gasteiger partial charge in [0.25, 0.3) is 0 Å². The summed E-state index contributed by atoms with van der Waals surface area (Å²) in [6.07, 6.45) is 8.26. The number of carbonyl (C=O) groups is 1. The minimum atomic E-state index is 0.379. The molecule has 0 fully saturated rings. The fourth-order valence-corrected chi connectivity index (χ4v) is 1.38. The van der Waals surface area contributed by atoms with Gasteiger partial charge in [0, 0.05) is 19.3 Å². The van der Waals surface area contributed by atoms with Crippen LogP contribution in [0.3, 0.4) is 0 Å². The number of Topliss-reactive ketones (excluding diaryl/α,β-unsaturated/α-hetero) is 1. The van der Waals surface area contributed by atoms with Crippen molar-refractivity contribution in [2.75, 3.05) is 0 Å². The monoisotopic (exact) mass is 194 g/mol. The van der Waals surface area contributed by atoms with Crippen LogP contribution in [0.4, 0.5) is 0 Å². The summed E-state index contributed by atoms with van der Waals surface area (Å²) in [5.74, 6) is 6.10. The van der Waals surface area contributed by atoms with Crippen molar-refractivity contribution in [3.05, 3.63) is 0 Å². The molecule has 0 unspecified atom stereocenters. The summed E-state index contributed by atoms with van der Waals surface area (Å²) in [6.45, 7) is 4.02. The first kappa shape index (κ1) is 13.2. The largest absolute Gasteiger partial charge is 0.300 e. The van der Waals surface area contributed by atoms with Crippen LogP contribution in [0.25, 0.3) is 0 Å². The van der Waals surface area contributed by atoms with E-state index in [1.807, 2.05) is 6.92 Å². The lowest BCUT2D eigenvalue weighted by Gasteiger charge is -1.98. The lowest BCUT2D eigenvalue weighted by Crippen LogP contribution is -1.96. The Labute approximate surface area is 88.3 Å². The number of ketones is 1. The first-order valence-corrected chi connectivity index (χ1v) is 5.72. The van der Waals surface area contributed by atoms with Crippen LogP contribution in [-0.2, 0) is 4.79 Å². The molecule has 0 amide bonds. The molecule has 0 N–H and O–H groups in total. The van der Waals surface area contributed by atoms with E-state index in [9.17, 15) is 4.79 Å². The van der Waals surface area contributed by atoms with Crippen molar-refractivity contribution in [1.29, 1.82) is 0 Å². The lowest BCUT2D eigenvalue weighted by atomic mass is 10.1. The van der Waals surface area contributed by atoms with E-state index in [1.54, 1.807) is 0 Å². The average Bonchev–Trinajstić information content (AvgIpc) is 2.18. The van der Waals surface area contributed by atoms with Crippen LogP contribution in [0.1, 0.15) is 65.2 Å². The maximum Gasteiger partial charge on any atom is 0.133 e. The normalized spacial score (nSPS) is 9.29. The van der Waals surface area contributed by atoms with Gasteiger partial charge in [-0.1, -0.05) is 32.6 Å². The van der Waals surface area contributed by atoms with Crippen molar-refractivity contribution in [3.8, 4) is 11.8 Å². The molecule has 0 radical (unpaired) electrons. The molecule has 0 bridgehead atoms. The zero-order valence-corrected chi connectivity index (χ0v) is 9.57. The second kappa shape index (κ2) is 10.3. The number of hydrogen-bond acceptors (Lipinski definition) is 1. The van der Waals surface area contributed by atoms with E-state index in [4.69, 9.17) is 0 Å². The van der Waals surface area contributed by atoms with Crippen molar-refractivity contribution in [2.45, 2.75) is 65.2 Å². The summed E-state index contributed by atoms with van der Waals surface area (Å²) < 4.78 is 0. The molecule has 0 spiro atoms. The second-order valence-electron chi connectivity index (χ2n) is 3.63. The van der Waals surface area contributed by atoms with Crippen molar-refractivity contribution < 1.29 is 4.79 Å². The van der Waals surface area contributed by atoms with Crippen LogP contribution in [0.15, 0.2) is 0 Å². The van der Waals surface area contributed by atoms with Gasteiger partial charge in [-0.05, 0) is 13.3 Å². The number of unbranched alkanes of at least 4 members (excludes halogenated alkanes) is 4. The van der Waals surface area contributed by atoms with Gasteiger partial charge in [0.15, 0.2) is 0 Å². The average molecular weight is 194 g/mol. The molecule has 0 aromatic carbocycles. The molecule has 0 aliphatic rings. The first-order valence-electron chi connectivity index (χ1n) is 5.72. The topological polar surface area (TPSA) is 17.1 Å². The first-order chi connectivity index (χ1) is 6.81. The predicted octanol–water partition coefficient (Wildman–Crippen LogP) is 3.72. The van der Waals surface area contributed by atoms with Gasteiger partial charge < -0.3 is 0 Å². The highest BCUT2D eigenvalue weighted by Crippen LogP contribution is 2.06. The Morgan fingerprint density at radius 2 is 1.79 bits per heavy atom. The van der Waals surface area contributed by atoms with Crippen LogP contribution >= 0.6 is 0 Å². The molecule has 0 saturated heterocycles. The van der Waals surface area contributed by atoms with Crippen LogP contribution in [0, 0.1) is 11.8 Å². The molecule has 0 aliphatic heterocycles. The molecular formula is C13H22O. The fourth-order valence-electron chi connectivity index (χ4n) is 1.38. The Bertz CT molecular complexity index is 195. The Morgan fingerprint density at radius 1 is 1.07 bits per heavy atom. The van der Waals surface area contributed by atoms with E-state index in [0.717, 1.165) is 19.3 Å². The number of hydrogen-bond donors (Lipinski definition) is 0. The van der Waals surface area contributed by atoms with Gasteiger partial charge in [-0.2, -0.15) is 0 Å². The van der Waals surface area contributed by atoms with Gasteiger partial charge in [0.2, 0.25) is 0 Å². The third kappa shape index (κ3) is 9.32. The maximum absolute atomic E-state index is 11.3. The van der Waals surface area contributed by atoms with Crippen LogP contribution in [0.5, 0.6) is 0 Å². The molecule has 14 heavy (non-hydrogen) atoms.